The molecule has 0 N–H and O–H groups in total. The number of ketones is 1. The van der Waals surface area contributed by atoms with E-state index in [9.17, 15) is 26.4 Å². The fourth-order valence-electron chi connectivity index (χ4n) is 1.72. The quantitative estimate of drug-likeness (QED) is 0.646. The van der Waals surface area contributed by atoms with E-state index in [1.807, 2.05) is 0 Å². The van der Waals surface area contributed by atoms with E-state index in [0.29, 0.717) is 6.07 Å². The number of benzene rings is 2. The van der Waals surface area contributed by atoms with Gasteiger partial charge in [-0.05, 0) is 18.2 Å². The zero-order valence-corrected chi connectivity index (χ0v) is 11.5. The molecule has 110 valence electrons. The second-order valence-electron chi connectivity index (χ2n) is 4.38. The van der Waals surface area contributed by atoms with Crippen LogP contribution in [-0.4, -0.2) is 20.5 Å². The van der Waals surface area contributed by atoms with Crippen LogP contribution in [0.3, 0.4) is 0 Å². The minimum Gasteiger partial charge on any atom is -0.288 e. The third-order valence-electron chi connectivity index (χ3n) is 2.78. The van der Waals surface area contributed by atoms with Gasteiger partial charge in [0, 0.05) is 17.9 Å². The average molecular weight is 314 g/mol. The van der Waals surface area contributed by atoms with E-state index in [-0.39, 0.29) is 16.5 Å². The van der Waals surface area contributed by atoms with Gasteiger partial charge in [0.05, 0.1) is 10.5 Å². The lowest BCUT2D eigenvalue weighted by molar-refractivity contribution is 0.103. The molecule has 0 spiro atoms. The molecule has 0 atom stereocenters. The summed E-state index contributed by atoms with van der Waals surface area (Å²) in [6, 6.07) is 5.61. The van der Waals surface area contributed by atoms with Crippen LogP contribution in [0.4, 0.5) is 13.2 Å². The maximum Gasteiger partial charge on any atom is 0.196 e. The average Bonchev–Trinajstić information content (AvgIpc) is 2.41. The summed E-state index contributed by atoms with van der Waals surface area (Å²) in [7, 11) is -3.55. The first-order valence-corrected chi connectivity index (χ1v) is 7.58. The van der Waals surface area contributed by atoms with Crippen molar-refractivity contribution >= 4 is 15.6 Å². The van der Waals surface area contributed by atoms with Crippen LogP contribution in [0.15, 0.2) is 41.3 Å². The van der Waals surface area contributed by atoms with E-state index in [0.717, 1.165) is 12.3 Å². The molecule has 7 heteroatoms. The number of hydrogen-bond acceptors (Lipinski definition) is 3. The summed E-state index contributed by atoms with van der Waals surface area (Å²) in [4.78, 5) is 12.0. The molecule has 0 aliphatic carbocycles. The summed E-state index contributed by atoms with van der Waals surface area (Å²) in [5.74, 6) is -4.92. The van der Waals surface area contributed by atoms with Crippen LogP contribution < -0.4 is 0 Å². The summed E-state index contributed by atoms with van der Waals surface area (Å²) in [6.07, 6.45) is 0.953. The molecule has 0 aliphatic rings. The Morgan fingerprint density at radius 3 is 2.19 bits per heavy atom. The summed E-state index contributed by atoms with van der Waals surface area (Å²) in [5, 5.41) is 0. The molecule has 0 saturated heterocycles. The maximum atomic E-state index is 13.6. The molecule has 21 heavy (non-hydrogen) atoms. The van der Waals surface area contributed by atoms with Crippen molar-refractivity contribution in [2.75, 3.05) is 6.26 Å². The summed E-state index contributed by atoms with van der Waals surface area (Å²) >= 11 is 0. The second kappa shape index (κ2) is 5.33. The number of rotatable bonds is 3. The largest absolute Gasteiger partial charge is 0.288 e. The van der Waals surface area contributed by atoms with Crippen molar-refractivity contribution in [1.29, 1.82) is 0 Å². The monoisotopic (exact) mass is 314 g/mol. The number of halogens is 3. The van der Waals surface area contributed by atoms with Crippen LogP contribution in [0.1, 0.15) is 15.9 Å². The van der Waals surface area contributed by atoms with Crippen molar-refractivity contribution in [3.63, 3.8) is 0 Å². The van der Waals surface area contributed by atoms with Crippen LogP contribution in [0.25, 0.3) is 0 Å². The van der Waals surface area contributed by atoms with Crippen LogP contribution in [0, 0.1) is 17.5 Å². The van der Waals surface area contributed by atoms with Crippen LogP contribution in [0.2, 0.25) is 0 Å². The minimum absolute atomic E-state index is 0.128. The smallest absolute Gasteiger partial charge is 0.196 e. The van der Waals surface area contributed by atoms with Crippen molar-refractivity contribution in [2.24, 2.45) is 0 Å². The Balaban J connectivity index is 2.53. The highest BCUT2D eigenvalue weighted by molar-refractivity contribution is 7.90. The number of hydrogen-bond donors (Lipinski definition) is 0. The highest BCUT2D eigenvalue weighted by Gasteiger charge is 2.19. The van der Waals surface area contributed by atoms with Crippen LogP contribution in [0.5, 0.6) is 0 Å². The predicted molar refractivity (Wildman–Crippen MR) is 69.3 cm³/mol. The van der Waals surface area contributed by atoms with Crippen LogP contribution >= 0.6 is 0 Å². The van der Waals surface area contributed by atoms with Crippen LogP contribution in [-0.2, 0) is 9.84 Å². The lowest BCUT2D eigenvalue weighted by Crippen LogP contribution is -2.07. The molecular weight excluding hydrogens is 305 g/mol. The molecule has 2 aromatic carbocycles. The van der Waals surface area contributed by atoms with Gasteiger partial charge in [0.25, 0.3) is 0 Å². The highest BCUT2D eigenvalue weighted by Crippen LogP contribution is 2.19. The van der Waals surface area contributed by atoms with Crippen molar-refractivity contribution in [3.8, 4) is 0 Å². The molecule has 0 aliphatic heterocycles. The maximum absolute atomic E-state index is 13.6. The molecule has 0 amide bonds. The van der Waals surface area contributed by atoms with E-state index in [4.69, 9.17) is 0 Å². The molecular formula is C14H9F3O3S. The Hall–Kier alpha value is -2.15. The van der Waals surface area contributed by atoms with Crippen molar-refractivity contribution in [1.82, 2.24) is 0 Å². The molecule has 0 fully saturated rings. The van der Waals surface area contributed by atoms with Gasteiger partial charge in [-0.15, -0.1) is 0 Å². The van der Waals surface area contributed by atoms with Gasteiger partial charge in [-0.1, -0.05) is 12.1 Å². The van der Waals surface area contributed by atoms with E-state index < -0.39 is 38.6 Å². The SMILES string of the molecule is CS(=O)(=O)c1cccc(C(=O)c2cc(F)c(F)cc2F)c1. The van der Waals surface area contributed by atoms with Gasteiger partial charge < -0.3 is 0 Å². The third kappa shape index (κ3) is 3.13. The molecule has 0 radical (unpaired) electrons. The molecule has 0 unspecified atom stereocenters. The number of carbonyl (C=O) groups is 1. The zero-order valence-electron chi connectivity index (χ0n) is 10.7. The predicted octanol–water partition coefficient (Wildman–Crippen LogP) is 2.74. The minimum atomic E-state index is -3.55. The van der Waals surface area contributed by atoms with Crippen molar-refractivity contribution in [2.45, 2.75) is 4.90 Å². The van der Waals surface area contributed by atoms with Gasteiger partial charge in [0.15, 0.2) is 27.3 Å². The van der Waals surface area contributed by atoms with Crippen molar-refractivity contribution < 1.29 is 26.4 Å². The first-order valence-electron chi connectivity index (χ1n) is 5.69. The van der Waals surface area contributed by atoms with Gasteiger partial charge in [0.1, 0.15) is 5.82 Å². The lowest BCUT2D eigenvalue weighted by Gasteiger charge is -2.05. The molecule has 0 aromatic heterocycles. The molecule has 2 aromatic rings. The molecule has 0 heterocycles. The topological polar surface area (TPSA) is 51.2 Å². The Kier molecular flexibility index (Phi) is 3.87. The molecule has 2 rings (SSSR count). The molecule has 0 bridgehead atoms. The first-order chi connectivity index (χ1) is 9.70. The summed E-state index contributed by atoms with van der Waals surface area (Å²) in [5.41, 5.74) is -0.803. The summed E-state index contributed by atoms with van der Waals surface area (Å²) < 4.78 is 62.3. The number of carbonyl (C=O) groups excluding carboxylic acids is 1. The fourth-order valence-corrected chi connectivity index (χ4v) is 2.39. The van der Waals surface area contributed by atoms with Crippen molar-refractivity contribution in [3.05, 3.63) is 65.0 Å². The Labute approximate surface area is 119 Å². The van der Waals surface area contributed by atoms with Gasteiger partial charge >= 0.3 is 0 Å². The van der Waals surface area contributed by atoms with Gasteiger partial charge in [-0.2, -0.15) is 0 Å². The number of sulfone groups is 1. The van der Waals surface area contributed by atoms with Gasteiger partial charge in [0.2, 0.25) is 0 Å². The van der Waals surface area contributed by atoms with E-state index in [2.05, 4.69) is 0 Å². The Bertz CT molecular complexity index is 829. The van der Waals surface area contributed by atoms with Gasteiger partial charge in [-0.25, -0.2) is 21.6 Å². The Morgan fingerprint density at radius 1 is 0.952 bits per heavy atom. The van der Waals surface area contributed by atoms with E-state index >= 15 is 0 Å². The second-order valence-corrected chi connectivity index (χ2v) is 6.39. The normalized spacial score (nSPS) is 11.4. The molecule has 0 saturated carbocycles. The summed E-state index contributed by atoms with van der Waals surface area (Å²) in [6.45, 7) is 0. The Morgan fingerprint density at radius 2 is 1.57 bits per heavy atom. The third-order valence-corrected chi connectivity index (χ3v) is 3.89. The highest BCUT2D eigenvalue weighted by atomic mass is 32.2. The van der Waals surface area contributed by atoms with E-state index in [1.54, 1.807) is 0 Å². The zero-order chi connectivity index (χ0) is 15.8. The molecule has 3 nitrogen and oxygen atoms in total. The standard InChI is InChI=1S/C14H9F3O3S/c1-21(19,20)9-4-2-3-8(5-9)14(18)10-6-12(16)13(17)7-11(10)15/h2-7H,1H3. The lowest BCUT2D eigenvalue weighted by atomic mass is 10.0. The van der Waals surface area contributed by atoms with E-state index in [1.165, 1.54) is 18.2 Å². The first kappa shape index (κ1) is 15.2. The fraction of sp³-hybridized carbons (Fsp3) is 0.0714. The van der Waals surface area contributed by atoms with Gasteiger partial charge in [-0.3, -0.25) is 4.79 Å².